The quantitative estimate of drug-likeness (QED) is 0.825. The van der Waals surface area contributed by atoms with Gasteiger partial charge in [0.05, 0.1) is 12.5 Å². The molecule has 2 rings (SSSR count). The van der Waals surface area contributed by atoms with E-state index in [0.29, 0.717) is 24.3 Å². The van der Waals surface area contributed by atoms with E-state index in [1.807, 2.05) is 0 Å². The van der Waals surface area contributed by atoms with E-state index in [0.717, 1.165) is 0 Å². The molecule has 1 aliphatic rings. The molecule has 1 amide bonds. The summed E-state index contributed by atoms with van der Waals surface area (Å²) in [5.41, 5.74) is 0.598. The summed E-state index contributed by atoms with van der Waals surface area (Å²) in [6.45, 7) is 1.91. The summed E-state index contributed by atoms with van der Waals surface area (Å²) in [4.78, 5) is 36.1. The maximum atomic E-state index is 12.3. The molecule has 2 N–H and O–H groups in total. The number of aromatic hydroxyl groups is 1. The molecule has 0 radical (unpaired) electrons. The molecule has 0 bridgehead atoms. The molecule has 2 atom stereocenters. The van der Waals surface area contributed by atoms with Crippen molar-refractivity contribution in [3.05, 3.63) is 29.8 Å². The Balaban J connectivity index is 2.17. The summed E-state index contributed by atoms with van der Waals surface area (Å²) in [6.07, 6.45) is 0.0942. The van der Waals surface area contributed by atoms with Gasteiger partial charge in [0.15, 0.2) is 5.12 Å². The normalized spacial score (nSPS) is 18.9. The van der Waals surface area contributed by atoms with E-state index in [1.165, 1.54) is 30.8 Å². The fraction of sp³-hybridized carbons (Fsp3) is 0.438. The fourth-order valence-electron chi connectivity index (χ4n) is 2.76. The molecule has 124 valence electrons. The van der Waals surface area contributed by atoms with Gasteiger partial charge in [0.1, 0.15) is 5.75 Å². The number of amides is 1. The molecule has 7 heteroatoms. The van der Waals surface area contributed by atoms with Gasteiger partial charge in [-0.15, -0.1) is 0 Å². The number of carbonyl (C=O) groups excluding carboxylic acids is 2. The number of benzene rings is 1. The highest BCUT2D eigenvalue weighted by Crippen LogP contribution is 2.33. The maximum Gasteiger partial charge on any atom is 0.305 e. The molecule has 1 heterocycles. The van der Waals surface area contributed by atoms with Crippen LogP contribution in [0.4, 0.5) is 0 Å². The van der Waals surface area contributed by atoms with Crippen LogP contribution in [-0.4, -0.2) is 44.4 Å². The number of phenols is 1. The topological polar surface area (TPSA) is 94.9 Å². The second-order valence-corrected chi connectivity index (χ2v) is 6.82. The standard InChI is InChI=1S/C16H19NO5S/c1-10(18)23-9-11-5-15(20)17(8-11)14(7-16(21)22)12-3-2-4-13(19)6-12/h2-4,6,11,14,19H,5,7-9H2,1H3,(H,21,22). The van der Waals surface area contributed by atoms with E-state index in [2.05, 4.69) is 0 Å². The van der Waals surface area contributed by atoms with E-state index in [1.54, 1.807) is 17.0 Å². The Labute approximate surface area is 138 Å². The highest BCUT2D eigenvalue weighted by molar-refractivity contribution is 8.13. The minimum atomic E-state index is -1.01. The Bertz CT molecular complexity index is 618. The molecular formula is C16H19NO5S. The fourth-order valence-corrected chi connectivity index (χ4v) is 3.46. The molecule has 1 saturated heterocycles. The zero-order valence-electron chi connectivity index (χ0n) is 12.8. The summed E-state index contributed by atoms with van der Waals surface area (Å²) < 4.78 is 0. The monoisotopic (exact) mass is 337 g/mol. The van der Waals surface area contributed by atoms with Crippen LogP contribution in [0.3, 0.4) is 0 Å². The Morgan fingerprint density at radius 2 is 2.17 bits per heavy atom. The molecule has 1 aromatic rings. The van der Waals surface area contributed by atoms with Crippen molar-refractivity contribution in [2.75, 3.05) is 12.3 Å². The average Bonchev–Trinajstić information content (AvgIpc) is 2.83. The van der Waals surface area contributed by atoms with Gasteiger partial charge in [-0.2, -0.15) is 0 Å². The minimum absolute atomic E-state index is 0.00552. The number of carbonyl (C=O) groups is 3. The van der Waals surface area contributed by atoms with Crippen LogP contribution in [0.25, 0.3) is 0 Å². The Morgan fingerprint density at radius 3 is 2.78 bits per heavy atom. The first kappa shape index (κ1) is 17.3. The molecule has 0 aromatic heterocycles. The van der Waals surface area contributed by atoms with Crippen molar-refractivity contribution < 1.29 is 24.6 Å². The van der Waals surface area contributed by atoms with Crippen molar-refractivity contribution in [2.45, 2.75) is 25.8 Å². The molecular weight excluding hydrogens is 318 g/mol. The Kier molecular flexibility index (Phi) is 5.65. The lowest BCUT2D eigenvalue weighted by Gasteiger charge is -2.27. The molecule has 0 saturated carbocycles. The van der Waals surface area contributed by atoms with Crippen molar-refractivity contribution in [1.82, 2.24) is 4.90 Å². The lowest BCUT2D eigenvalue weighted by Crippen LogP contribution is -2.32. The Morgan fingerprint density at radius 1 is 1.43 bits per heavy atom. The lowest BCUT2D eigenvalue weighted by atomic mass is 10.0. The number of carboxylic acid groups (broad SMARTS) is 1. The number of hydrogen-bond acceptors (Lipinski definition) is 5. The van der Waals surface area contributed by atoms with Crippen molar-refractivity contribution >= 4 is 28.8 Å². The third-order valence-corrected chi connectivity index (χ3v) is 4.80. The first-order valence-corrected chi connectivity index (χ1v) is 8.29. The summed E-state index contributed by atoms with van der Waals surface area (Å²) in [5.74, 6) is -0.503. The van der Waals surface area contributed by atoms with Crippen LogP contribution in [0.1, 0.15) is 31.4 Å². The number of nitrogens with zero attached hydrogens (tertiary/aromatic N) is 1. The minimum Gasteiger partial charge on any atom is -0.508 e. The number of hydrogen-bond donors (Lipinski definition) is 2. The number of aliphatic carboxylic acids is 1. The van der Waals surface area contributed by atoms with E-state index < -0.39 is 12.0 Å². The maximum absolute atomic E-state index is 12.3. The van der Waals surface area contributed by atoms with Gasteiger partial charge >= 0.3 is 5.97 Å². The van der Waals surface area contributed by atoms with Crippen LogP contribution < -0.4 is 0 Å². The van der Waals surface area contributed by atoms with Gasteiger partial charge in [-0.1, -0.05) is 23.9 Å². The summed E-state index contributed by atoms with van der Waals surface area (Å²) in [6, 6.07) is 5.71. The van der Waals surface area contributed by atoms with Crippen LogP contribution in [0.2, 0.25) is 0 Å². The van der Waals surface area contributed by atoms with E-state index in [-0.39, 0.29) is 29.1 Å². The highest BCUT2D eigenvalue weighted by atomic mass is 32.2. The first-order chi connectivity index (χ1) is 10.9. The summed E-state index contributed by atoms with van der Waals surface area (Å²) in [5, 5.41) is 18.8. The molecule has 0 spiro atoms. The number of carboxylic acids is 1. The van der Waals surface area contributed by atoms with Crippen LogP contribution >= 0.6 is 11.8 Å². The number of phenolic OH excluding ortho intramolecular Hbond substituents is 1. The van der Waals surface area contributed by atoms with Gasteiger partial charge in [0, 0.05) is 25.6 Å². The molecule has 1 aromatic carbocycles. The highest BCUT2D eigenvalue weighted by Gasteiger charge is 2.36. The van der Waals surface area contributed by atoms with Gasteiger partial charge < -0.3 is 15.1 Å². The predicted molar refractivity (Wildman–Crippen MR) is 86.1 cm³/mol. The zero-order valence-corrected chi connectivity index (χ0v) is 13.6. The second-order valence-electron chi connectivity index (χ2n) is 5.63. The van der Waals surface area contributed by atoms with Crippen LogP contribution in [0.15, 0.2) is 24.3 Å². The van der Waals surface area contributed by atoms with Gasteiger partial charge in [0.2, 0.25) is 5.91 Å². The lowest BCUT2D eigenvalue weighted by molar-refractivity contribution is -0.140. The van der Waals surface area contributed by atoms with Gasteiger partial charge in [0.25, 0.3) is 0 Å². The van der Waals surface area contributed by atoms with Gasteiger partial charge in [-0.3, -0.25) is 14.4 Å². The van der Waals surface area contributed by atoms with Crippen LogP contribution in [-0.2, 0) is 14.4 Å². The largest absolute Gasteiger partial charge is 0.508 e. The third kappa shape index (κ3) is 4.72. The number of rotatable bonds is 6. The predicted octanol–water partition coefficient (Wildman–Crippen LogP) is 2.04. The second kappa shape index (κ2) is 7.50. The molecule has 0 aliphatic carbocycles. The van der Waals surface area contributed by atoms with Crippen molar-refractivity contribution in [2.24, 2.45) is 5.92 Å². The average molecular weight is 337 g/mol. The number of likely N-dealkylation sites (tertiary alicyclic amines) is 1. The van der Waals surface area contributed by atoms with E-state index >= 15 is 0 Å². The first-order valence-electron chi connectivity index (χ1n) is 7.30. The molecule has 1 fully saturated rings. The third-order valence-electron chi connectivity index (χ3n) is 3.76. The number of thioether (sulfide) groups is 1. The zero-order chi connectivity index (χ0) is 17.0. The molecule has 23 heavy (non-hydrogen) atoms. The summed E-state index contributed by atoms with van der Waals surface area (Å²) in [7, 11) is 0. The van der Waals surface area contributed by atoms with Crippen molar-refractivity contribution in [1.29, 1.82) is 0 Å². The summed E-state index contributed by atoms with van der Waals surface area (Å²) >= 11 is 1.18. The van der Waals surface area contributed by atoms with E-state index in [4.69, 9.17) is 5.11 Å². The van der Waals surface area contributed by atoms with Crippen LogP contribution in [0, 0.1) is 5.92 Å². The van der Waals surface area contributed by atoms with Gasteiger partial charge in [-0.25, -0.2) is 0 Å². The molecule has 1 aliphatic heterocycles. The van der Waals surface area contributed by atoms with Gasteiger partial charge in [-0.05, 0) is 23.6 Å². The van der Waals surface area contributed by atoms with Crippen molar-refractivity contribution in [3.8, 4) is 5.75 Å². The Hall–Kier alpha value is -2.02. The van der Waals surface area contributed by atoms with Crippen molar-refractivity contribution in [3.63, 3.8) is 0 Å². The molecule has 2 unspecified atom stereocenters. The SMILES string of the molecule is CC(=O)SCC1CC(=O)N(C(CC(=O)O)c2cccc(O)c2)C1. The van der Waals surface area contributed by atoms with E-state index in [9.17, 15) is 19.5 Å². The van der Waals surface area contributed by atoms with Crippen LogP contribution in [0.5, 0.6) is 5.75 Å². The molecule has 6 nitrogen and oxygen atoms in total. The smallest absolute Gasteiger partial charge is 0.305 e.